The Morgan fingerprint density at radius 1 is 0.767 bits per heavy atom. The molecular weight excluding hydrogens is 392 g/mol. The molecule has 0 spiro atoms. The zero-order valence-electron chi connectivity index (χ0n) is 18.3. The zero-order valence-corrected chi connectivity index (χ0v) is 19.3. The number of unbranched alkanes of at least 4 members (excludes halogenated alkanes) is 1. The van der Waals surface area contributed by atoms with Crippen molar-refractivity contribution in [3.8, 4) is 0 Å². The maximum absolute atomic E-state index is 12.8. The number of hydrogen-bond donors (Lipinski definition) is 0. The molecular formula is C25H32O4Si. The van der Waals surface area contributed by atoms with Crippen LogP contribution in [0.4, 0.5) is 0 Å². The summed E-state index contributed by atoms with van der Waals surface area (Å²) in [7, 11) is -2.62. The summed E-state index contributed by atoms with van der Waals surface area (Å²) in [5.41, 5.74) is 0.778. The Balaban J connectivity index is 1.63. The Morgan fingerprint density at radius 2 is 1.40 bits per heavy atom. The van der Waals surface area contributed by atoms with Crippen LogP contribution in [-0.4, -0.2) is 34.4 Å². The molecule has 0 heterocycles. The monoisotopic (exact) mass is 424 g/mol. The molecule has 0 aliphatic heterocycles. The fraction of sp³-hybridized carbons (Fsp3) is 0.400. The Labute approximate surface area is 180 Å². The quantitative estimate of drug-likeness (QED) is 0.146. The van der Waals surface area contributed by atoms with E-state index >= 15 is 0 Å². The molecule has 0 bridgehead atoms. The van der Waals surface area contributed by atoms with E-state index in [9.17, 15) is 4.79 Å². The molecule has 160 valence electrons. The molecule has 0 N–H and O–H groups in total. The van der Waals surface area contributed by atoms with E-state index in [2.05, 4.69) is 36.4 Å². The van der Waals surface area contributed by atoms with Gasteiger partial charge in [0.2, 0.25) is 0 Å². The van der Waals surface area contributed by atoms with Gasteiger partial charge in [0.15, 0.2) is 5.78 Å². The Hall–Kier alpha value is -2.05. The van der Waals surface area contributed by atoms with E-state index in [-0.39, 0.29) is 5.78 Å². The van der Waals surface area contributed by atoms with Crippen LogP contribution < -0.4 is 0 Å². The number of benzene rings is 3. The molecule has 5 heteroatoms. The minimum absolute atomic E-state index is 0.182. The van der Waals surface area contributed by atoms with E-state index in [1.54, 1.807) is 0 Å². The first-order valence-electron chi connectivity index (χ1n) is 11.0. The summed E-state index contributed by atoms with van der Waals surface area (Å²) in [6, 6.07) is 19.4. The van der Waals surface area contributed by atoms with Gasteiger partial charge in [0.25, 0.3) is 0 Å². The number of Topliss-reactive ketones (excluding diaryl/α,β-unsaturated/α-hetero) is 1. The SMILES string of the molecule is CCO[Si](CCCCC(=O)c1ccc2c(ccc3ccccc32)c1)(OCC)OCC. The van der Waals surface area contributed by atoms with Gasteiger partial charge in [-0.3, -0.25) is 4.79 Å². The molecule has 0 atom stereocenters. The molecule has 30 heavy (non-hydrogen) atoms. The van der Waals surface area contributed by atoms with Crippen molar-refractivity contribution >= 4 is 36.1 Å². The van der Waals surface area contributed by atoms with Gasteiger partial charge in [-0.25, -0.2) is 0 Å². The van der Waals surface area contributed by atoms with Gasteiger partial charge in [0.05, 0.1) is 0 Å². The van der Waals surface area contributed by atoms with E-state index < -0.39 is 8.80 Å². The number of carbonyl (C=O) groups is 1. The molecule has 4 nitrogen and oxygen atoms in total. The number of carbonyl (C=O) groups excluding carboxylic acids is 1. The van der Waals surface area contributed by atoms with Crippen LogP contribution in [0, 0.1) is 0 Å². The average Bonchev–Trinajstić information content (AvgIpc) is 2.76. The van der Waals surface area contributed by atoms with Gasteiger partial charge in [-0.2, -0.15) is 0 Å². The van der Waals surface area contributed by atoms with Crippen LogP contribution in [0.1, 0.15) is 50.4 Å². The first-order valence-corrected chi connectivity index (χ1v) is 12.9. The highest BCUT2D eigenvalue weighted by Crippen LogP contribution is 2.27. The van der Waals surface area contributed by atoms with Gasteiger partial charge in [-0.15, -0.1) is 0 Å². The van der Waals surface area contributed by atoms with Crippen molar-refractivity contribution in [1.29, 1.82) is 0 Å². The lowest BCUT2D eigenvalue weighted by molar-refractivity contribution is 0.0703. The predicted molar refractivity (Wildman–Crippen MR) is 125 cm³/mol. The maximum Gasteiger partial charge on any atom is 0.500 e. The van der Waals surface area contributed by atoms with E-state index in [1.165, 1.54) is 16.2 Å². The Morgan fingerprint density at radius 3 is 2.10 bits per heavy atom. The second-order valence-electron chi connectivity index (χ2n) is 7.33. The molecule has 0 aromatic heterocycles. The highest BCUT2D eigenvalue weighted by molar-refractivity contribution is 6.60. The summed E-state index contributed by atoms with van der Waals surface area (Å²) < 4.78 is 17.7. The first kappa shape index (κ1) is 22.6. The second kappa shape index (κ2) is 10.8. The molecule has 0 aliphatic rings. The molecule has 3 aromatic rings. The van der Waals surface area contributed by atoms with E-state index in [0.717, 1.165) is 29.8 Å². The van der Waals surface area contributed by atoms with E-state index in [0.29, 0.717) is 26.2 Å². The molecule has 0 aliphatic carbocycles. The van der Waals surface area contributed by atoms with Crippen molar-refractivity contribution in [1.82, 2.24) is 0 Å². The molecule has 0 saturated carbocycles. The van der Waals surface area contributed by atoms with Gasteiger partial charge >= 0.3 is 8.80 Å². The second-order valence-corrected chi connectivity index (χ2v) is 10.1. The topological polar surface area (TPSA) is 44.8 Å². The van der Waals surface area contributed by atoms with Crippen LogP contribution in [0.2, 0.25) is 6.04 Å². The smallest absolute Gasteiger partial charge is 0.374 e. The molecule has 0 amide bonds. The van der Waals surface area contributed by atoms with Gasteiger partial charge in [0, 0.05) is 37.8 Å². The molecule has 0 fully saturated rings. The summed E-state index contributed by atoms with van der Waals surface area (Å²) >= 11 is 0. The lowest BCUT2D eigenvalue weighted by Crippen LogP contribution is -2.45. The highest BCUT2D eigenvalue weighted by Gasteiger charge is 2.39. The van der Waals surface area contributed by atoms with Gasteiger partial charge in [0.1, 0.15) is 0 Å². The number of rotatable bonds is 12. The third-order valence-electron chi connectivity index (χ3n) is 5.30. The van der Waals surface area contributed by atoms with Gasteiger partial charge in [-0.05, 0) is 61.2 Å². The van der Waals surface area contributed by atoms with Crippen molar-refractivity contribution in [2.24, 2.45) is 0 Å². The number of hydrogen-bond acceptors (Lipinski definition) is 4. The molecule has 0 radical (unpaired) electrons. The lowest BCUT2D eigenvalue weighted by atomic mass is 9.98. The van der Waals surface area contributed by atoms with Gasteiger partial charge in [-0.1, -0.05) is 48.5 Å². The van der Waals surface area contributed by atoms with Gasteiger partial charge < -0.3 is 13.3 Å². The molecule has 3 rings (SSSR count). The fourth-order valence-corrected chi connectivity index (χ4v) is 6.64. The Bertz CT molecular complexity index is 968. The van der Waals surface area contributed by atoms with Crippen molar-refractivity contribution in [3.63, 3.8) is 0 Å². The van der Waals surface area contributed by atoms with Crippen molar-refractivity contribution in [2.75, 3.05) is 19.8 Å². The normalized spacial score (nSPS) is 12.0. The fourth-order valence-electron chi connectivity index (χ4n) is 3.96. The third-order valence-corrected chi connectivity index (χ3v) is 8.45. The summed E-state index contributed by atoms with van der Waals surface area (Å²) in [6.07, 6.45) is 2.18. The minimum Gasteiger partial charge on any atom is -0.374 e. The molecule has 0 unspecified atom stereocenters. The number of ketones is 1. The minimum atomic E-state index is -2.62. The van der Waals surface area contributed by atoms with Crippen molar-refractivity contribution in [3.05, 3.63) is 60.2 Å². The summed E-state index contributed by atoms with van der Waals surface area (Å²) in [5.74, 6) is 0.182. The molecule has 0 saturated heterocycles. The maximum atomic E-state index is 12.8. The third kappa shape index (κ3) is 5.35. The van der Waals surface area contributed by atoms with Crippen LogP contribution in [-0.2, 0) is 13.3 Å². The number of fused-ring (bicyclic) bond motifs is 3. The Kier molecular flexibility index (Phi) is 8.16. The molecule has 3 aromatic carbocycles. The lowest BCUT2D eigenvalue weighted by Gasteiger charge is -2.28. The van der Waals surface area contributed by atoms with E-state index in [1.807, 2.05) is 39.0 Å². The van der Waals surface area contributed by atoms with Crippen LogP contribution in [0.5, 0.6) is 0 Å². The van der Waals surface area contributed by atoms with Crippen LogP contribution in [0.15, 0.2) is 54.6 Å². The van der Waals surface area contributed by atoms with Crippen molar-refractivity contribution < 1.29 is 18.1 Å². The average molecular weight is 425 g/mol. The van der Waals surface area contributed by atoms with Crippen molar-refractivity contribution in [2.45, 2.75) is 46.1 Å². The predicted octanol–water partition coefficient (Wildman–Crippen LogP) is 6.39. The summed E-state index contributed by atoms with van der Waals surface area (Å²) in [5, 5.41) is 4.73. The van der Waals surface area contributed by atoms with Crippen LogP contribution in [0.3, 0.4) is 0 Å². The van der Waals surface area contributed by atoms with Crippen LogP contribution >= 0.6 is 0 Å². The first-order chi connectivity index (χ1) is 14.6. The largest absolute Gasteiger partial charge is 0.500 e. The standard InChI is InChI=1S/C25H32O4Si/c1-4-27-30(28-5-2,29-6-3)18-10-9-13-25(26)22-16-17-24-21(19-22)15-14-20-11-7-8-12-23(20)24/h7-8,11-12,14-17,19H,4-6,9-10,13,18H2,1-3H3. The summed E-state index contributed by atoms with van der Waals surface area (Å²) in [4.78, 5) is 12.8. The summed E-state index contributed by atoms with van der Waals surface area (Å²) in [6.45, 7) is 7.63. The zero-order chi connectivity index (χ0) is 21.4. The van der Waals surface area contributed by atoms with Crippen LogP contribution in [0.25, 0.3) is 21.5 Å². The van der Waals surface area contributed by atoms with E-state index in [4.69, 9.17) is 13.3 Å². The highest BCUT2D eigenvalue weighted by atomic mass is 28.4.